The van der Waals surface area contributed by atoms with E-state index in [2.05, 4.69) is 17.1 Å². The van der Waals surface area contributed by atoms with Gasteiger partial charge in [0.1, 0.15) is 0 Å². The first-order chi connectivity index (χ1) is 8.84. The zero-order valence-corrected chi connectivity index (χ0v) is 11.2. The van der Waals surface area contributed by atoms with E-state index >= 15 is 0 Å². The Hall–Kier alpha value is -1.22. The Labute approximate surface area is 112 Å². The van der Waals surface area contributed by atoms with Crippen molar-refractivity contribution in [1.29, 1.82) is 0 Å². The maximum atomic E-state index is 5.97. The van der Waals surface area contributed by atoms with E-state index in [1.54, 1.807) is 0 Å². The zero-order valence-electron chi connectivity index (χ0n) is 10.4. The number of pyridine rings is 1. The second-order valence-electron chi connectivity index (χ2n) is 5.01. The summed E-state index contributed by atoms with van der Waals surface area (Å²) in [5.41, 5.74) is 7.68. The van der Waals surface area contributed by atoms with Gasteiger partial charge in [0.2, 0.25) is 0 Å². The molecule has 0 atom stereocenters. The van der Waals surface area contributed by atoms with Crippen LogP contribution in [0.25, 0.3) is 10.9 Å². The highest BCUT2D eigenvalue weighted by molar-refractivity contribution is 7.99. The maximum absolute atomic E-state index is 5.97. The van der Waals surface area contributed by atoms with Gasteiger partial charge in [-0.2, -0.15) is 0 Å². The van der Waals surface area contributed by atoms with Gasteiger partial charge >= 0.3 is 0 Å². The van der Waals surface area contributed by atoms with Crippen LogP contribution in [0.1, 0.15) is 25.7 Å². The highest BCUT2D eigenvalue weighted by Gasteiger charge is 2.15. The van der Waals surface area contributed by atoms with Crippen LogP contribution in [-0.4, -0.2) is 10.7 Å². The number of fused-ring (bicyclic) bond motifs is 1. The van der Waals surface area contributed by atoms with Crippen LogP contribution in [0.3, 0.4) is 0 Å². The summed E-state index contributed by atoms with van der Waals surface area (Å²) in [6.45, 7) is 0. The predicted octanol–water partition coefficient (Wildman–Crippen LogP) is 4.10. The molecule has 0 unspecified atom stereocenters. The number of benzene rings is 1. The lowest BCUT2D eigenvalue weighted by molar-refractivity contribution is 0.623. The van der Waals surface area contributed by atoms with E-state index in [-0.39, 0.29) is 0 Å². The molecule has 94 valence electrons. The first-order valence-corrected chi connectivity index (χ1v) is 7.59. The fraction of sp³-hybridized carbons (Fsp3) is 0.400. The number of thioether (sulfide) groups is 1. The number of nitrogen functional groups attached to an aromatic ring is 1. The van der Waals surface area contributed by atoms with Gasteiger partial charge in [-0.25, -0.2) is 0 Å². The molecule has 0 radical (unpaired) electrons. The minimum Gasteiger partial charge on any atom is -0.397 e. The van der Waals surface area contributed by atoms with Crippen LogP contribution in [-0.2, 0) is 0 Å². The van der Waals surface area contributed by atoms with Gasteiger partial charge in [0.05, 0.1) is 11.2 Å². The van der Waals surface area contributed by atoms with Crippen molar-refractivity contribution >= 4 is 28.4 Å². The summed E-state index contributed by atoms with van der Waals surface area (Å²) in [5, 5.41) is 1.19. The minimum atomic E-state index is 0.774. The van der Waals surface area contributed by atoms with Gasteiger partial charge in [-0.15, -0.1) is 11.8 Å². The van der Waals surface area contributed by atoms with E-state index in [1.807, 2.05) is 30.1 Å². The quantitative estimate of drug-likeness (QED) is 0.665. The molecule has 1 saturated carbocycles. The average molecular weight is 258 g/mol. The van der Waals surface area contributed by atoms with Crippen LogP contribution in [0.4, 0.5) is 5.69 Å². The molecule has 1 aromatic heterocycles. The molecule has 2 nitrogen and oxygen atoms in total. The minimum absolute atomic E-state index is 0.774. The van der Waals surface area contributed by atoms with Crippen LogP contribution < -0.4 is 5.73 Å². The third-order valence-corrected chi connectivity index (χ3v) is 5.02. The van der Waals surface area contributed by atoms with Crippen LogP contribution in [0.5, 0.6) is 0 Å². The van der Waals surface area contributed by atoms with Crippen molar-refractivity contribution in [3.63, 3.8) is 0 Å². The lowest BCUT2D eigenvalue weighted by Crippen LogP contribution is -1.97. The molecule has 0 bridgehead atoms. The molecule has 18 heavy (non-hydrogen) atoms. The Morgan fingerprint density at radius 1 is 1.22 bits per heavy atom. The van der Waals surface area contributed by atoms with E-state index in [0.717, 1.165) is 17.1 Å². The predicted molar refractivity (Wildman–Crippen MR) is 78.8 cm³/mol. The third-order valence-electron chi connectivity index (χ3n) is 3.71. The fourth-order valence-electron chi connectivity index (χ4n) is 2.68. The van der Waals surface area contributed by atoms with E-state index in [0.29, 0.717) is 0 Å². The molecule has 0 aliphatic heterocycles. The molecule has 1 aromatic carbocycles. The monoisotopic (exact) mass is 258 g/mol. The van der Waals surface area contributed by atoms with Crippen molar-refractivity contribution in [3.05, 3.63) is 30.5 Å². The summed E-state index contributed by atoms with van der Waals surface area (Å²) >= 11 is 1.96. The smallest absolute Gasteiger partial charge is 0.0942 e. The fourth-order valence-corrected chi connectivity index (χ4v) is 3.91. The third kappa shape index (κ3) is 2.32. The number of aromatic nitrogens is 1. The largest absolute Gasteiger partial charge is 0.397 e. The van der Waals surface area contributed by atoms with E-state index in [4.69, 9.17) is 5.73 Å². The van der Waals surface area contributed by atoms with Crippen LogP contribution >= 0.6 is 11.8 Å². The first-order valence-electron chi connectivity index (χ1n) is 6.60. The number of anilines is 1. The van der Waals surface area contributed by atoms with Gasteiger partial charge in [-0.3, -0.25) is 4.98 Å². The van der Waals surface area contributed by atoms with E-state index in [9.17, 15) is 0 Å². The van der Waals surface area contributed by atoms with Gasteiger partial charge < -0.3 is 5.73 Å². The topological polar surface area (TPSA) is 38.9 Å². The highest BCUT2D eigenvalue weighted by Crippen LogP contribution is 2.34. The second-order valence-corrected chi connectivity index (χ2v) is 6.08. The van der Waals surface area contributed by atoms with Gasteiger partial charge in [0, 0.05) is 22.2 Å². The maximum Gasteiger partial charge on any atom is 0.0942 e. The number of nitrogens with zero attached hydrogens (tertiary/aromatic N) is 1. The van der Waals surface area contributed by atoms with Crippen molar-refractivity contribution in [3.8, 4) is 0 Å². The van der Waals surface area contributed by atoms with Gasteiger partial charge in [-0.1, -0.05) is 18.9 Å². The molecule has 0 saturated heterocycles. The van der Waals surface area contributed by atoms with Crippen molar-refractivity contribution in [2.24, 2.45) is 5.92 Å². The van der Waals surface area contributed by atoms with Gasteiger partial charge in [-0.05, 0) is 37.0 Å². The first kappa shape index (κ1) is 11.8. The van der Waals surface area contributed by atoms with Crippen molar-refractivity contribution in [1.82, 2.24) is 4.98 Å². The summed E-state index contributed by atoms with van der Waals surface area (Å²) in [6.07, 6.45) is 7.44. The Kier molecular flexibility index (Phi) is 3.41. The Morgan fingerprint density at radius 2 is 2.06 bits per heavy atom. The number of hydrogen-bond acceptors (Lipinski definition) is 3. The second kappa shape index (κ2) is 5.19. The number of hydrogen-bond donors (Lipinski definition) is 1. The van der Waals surface area contributed by atoms with Crippen molar-refractivity contribution < 1.29 is 0 Å². The SMILES string of the molecule is Nc1ccc(SCC2CCCC2)c2cccnc12. The lowest BCUT2D eigenvalue weighted by atomic mass is 10.1. The molecule has 1 heterocycles. The molecular formula is C15H18N2S. The molecule has 3 heteroatoms. The van der Waals surface area contributed by atoms with Gasteiger partial charge in [0.25, 0.3) is 0 Å². The molecule has 1 aliphatic rings. The van der Waals surface area contributed by atoms with E-state index in [1.165, 1.54) is 41.7 Å². The van der Waals surface area contributed by atoms with Crippen LogP contribution in [0.2, 0.25) is 0 Å². The van der Waals surface area contributed by atoms with Crippen LogP contribution in [0.15, 0.2) is 35.4 Å². The van der Waals surface area contributed by atoms with E-state index < -0.39 is 0 Å². The molecule has 1 fully saturated rings. The van der Waals surface area contributed by atoms with Crippen molar-refractivity contribution in [2.75, 3.05) is 11.5 Å². The standard InChI is InChI=1S/C15H18N2S/c16-13-7-8-14(12-6-3-9-17-15(12)13)18-10-11-4-1-2-5-11/h3,6-9,11H,1-2,4-5,10,16H2. The molecule has 0 amide bonds. The zero-order chi connectivity index (χ0) is 12.4. The number of rotatable bonds is 3. The molecule has 2 N–H and O–H groups in total. The Morgan fingerprint density at radius 3 is 2.89 bits per heavy atom. The molecule has 0 spiro atoms. The summed E-state index contributed by atoms with van der Waals surface area (Å²) in [6, 6.07) is 8.22. The summed E-state index contributed by atoms with van der Waals surface area (Å²) in [4.78, 5) is 5.70. The Bertz CT molecular complexity index is 547. The average Bonchev–Trinajstić information content (AvgIpc) is 2.92. The van der Waals surface area contributed by atoms with Crippen LogP contribution in [0, 0.1) is 5.92 Å². The summed E-state index contributed by atoms with van der Waals surface area (Å²) in [7, 11) is 0. The lowest BCUT2D eigenvalue weighted by Gasteiger charge is -2.11. The molecule has 1 aliphatic carbocycles. The van der Waals surface area contributed by atoms with Gasteiger partial charge in [0.15, 0.2) is 0 Å². The summed E-state index contributed by atoms with van der Waals surface area (Å²) < 4.78 is 0. The Balaban J connectivity index is 1.85. The summed E-state index contributed by atoms with van der Waals surface area (Å²) in [5.74, 6) is 2.13. The van der Waals surface area contributed by atoms with Crippen molar-refractivity contribution in [2.45, 2.75) is 30.6 Å². The molecule has 2 aromatic rings. The highest BCUT2D eigenvalue weighted by atomic mass is 32.2. The number of nitrogens with two attached hydrogens (primary N) is 1. The molecule has 3 rings (SSSR count). The normalized spacial score (nSPS) is 16.4. The molecular weight excluding hydrogens is 240 g/mol.